The molecule has 0 atom stereocenters. The van der Waals surface area contributed by atoms with Crippen LogP contribution < -0.4 is 10.1 Å². The Morgan fingerprint density at radius 1 is 1.19 bits per heavy atom. The predicted molar refractivity (Wildman–Crippen MR) is 96.4 cm³/mol. The van der Waals surface area contributed by atoms with Gasteiger partial charge in [-0.25, -0.2) is 4.98 Å². The van der Waals surface area contributed by atoms with Gasteiger partial charge in [0.25, 0.3) is 11.8 Å². The Morgan fingerprint density at radius 3 is 2.77 bits per heavy atom. The maximum Gasteiger partial charge on any atom is 0.262 e. The van der Waals surface area contributed by atoms with Crippen molar-refractivity contribution in [2.75, 3.05) is 11.9 Å². The number of carbonyl (C=O) groups excluding carboxylic acids is 1. The SMILES string of the molecule is Cc1cc(OCC(=O)Nc2ccc(-n3cnc4ccccc43)cc2)no1. The molecule has 130 valence electrons. The lowest BCUT2D eigenvalue weighted by Gasteiger charge is -2.08. The second-order valence-electron chi connectivity index (χ2n) is 5.76. The molecule has 2 heterocycles. The monoisotopic (exact) mass is 348 g/mol. The lowest BCUT2D eigenvalue weighted by atomic mass is 10.2. The summed E-state index contributed by atoms with van der Waals surface area (Å²) in [5, 5.41) is 6.46. The highest BCUT2D eigenvalue weighted by molar-refractivity contribution is 5.92. The Morgan fingerprint density at radius 2 is 2.00 bits per heavy atom. The first-order valence-corrected chi connectivity index (χ1v) is 8.07. The average molecular weight is 348 g/mol. The van der Waals surface area contributed by atoms with Crippen LogP contribution in [0.5, 0.6) is 5.88 Å². The number of carbonyl (C=O) groups is 1. The summed E-state index contributed by atoms with van der Waals surface area (Å²) in [5.74, 6) is 0.648. The Labute approximate surface area is 149 Å². The summed E-state index contributed by atoms with van der Waals surface area (Å²) in [6.45, 7) is 1.62. The van der Waals surface area contributed by atoms with Gasteiger partial charge in [0.05, 0.1) is 11.0 Å². The number of para-hydroxylation sites is 2. The van der Waals surface area contributed by atoms with E-state index in [1.807, 2.05) is 53.1 Å². The zero-order valence-corrected chi connectivity index (χ0v) is 14.0. The van der Waals surface area contributed by atoms with Crippen molar-refractivity contribution >= 4 is 22.6 Å². The van der Waals surface area contributed by atoms with Crippen LogP contribution in [0.15, 0.2) is 65.4 Å². The van der Waals surface area contributed by atoms with Crippen LogP contribution >= 0.6 is 0 Å². The van der Waals surface area contributed by atoms with E-state index in [1.165, 1.54) is 0 Å². The molecule has 0 spiro atoms. The van der Waals surface area contributed by atoms with Gasteiger partial charge in [0, 0.05) is 17.4 Å². The van der Waals surface area contributed by atoms with E-state index in [9.17, 15) is 4.79 Å². The van der Waals surface area contributed by atoms with Gasteiger partial charge >= 0.3 is 0 Å². The fourth-order valence-electron chi connectivity index (χ4n) is 2.62. The Bertz CT molecular complexity index is 1050. The number of rotatable bonds is 5. The van der Waals surface area contributed by atoms with Crippen molar-refractivity contribution in [1.82, 2.24) is 14.7 Å². The number of aryl methyl sites for hydroxylation is 1. The number of nitrogens with one attached hydrogen (secondary N) is 1. The molecular formula is C19H16N4O3. The lowest BCUT2D eigenvalue weighted by molar-refractivity contribution is -0.118. The summed E-state index contributed by atoms with van der Waals surface area (Å²) in [6, 6.07) is 17.1. The van der Waals surface area contributed by atoms with Crippen molar-refractivity contribution < 1.29 is 14.1 Å². The summed E-state index contributed by atoms with van der Waals surface area (Å²) in [7, 11) is 0. The van der Waals surface area contributed by atoms with Crippen molar-refractivity contribution in [2.24, 2.45) is 0 Å². The van der Waals surface area contributed by atoms with Gasteiger partial charge in [-0.05, 0) is 48.5 Å². The molecule has 1 amide bonds. The molecule has 0 radical (unpaired) electrons. The number of nitrogens with zero attached hydrogens (tertiary/aromatic N) is 3. The third-order valence-electron chi connectivity index (χ3n) is 3.84. The summed E-state index contributed by atoms with van der Waals surface area (Å²) in [5.41, 5.74) is 3.61. The zero-order valence-electron chi connectivity index (χ0n) is 14.0. The quantitative estimate of drug-likeness (QED) is 0.598. The molecule has 0 fully saturated rings. The van der Waals surface area contributed by atoms with Crippen LogP contribution in [0.3, 0.4) is 0 Å². The third-order valence-corrected chi connectivity index (χ3v) is 3.84. The summed E-state index contributed by atoms with van der Waals surface area (Å²) in [6.07, 6.45) is 1.78. The molecule has 0 aliphatic heterocycles. The molecule has 4 rings (SSSR count). The number of amides is 1. The van der Waals surface area contributed by atoms with Gasteiger partial charge in [-0.15, -0.1) is 0 Å². The van der Waals surface area contributed by atoms with Gasteiger partial charge in [0.1, 0.15) is 12.1 Å². The van der Waals surface area contributed by atoms with Crippen molar-refractivity contribution in [1.29, 1.82) is 0 Å². The number of imidazole rings is 1. The highest BCUT2D eigenvalue weighted by Gasteiger charge is 2.08. The lowest BCUT2D eigenvalue weighted by Crippen LogP contribution is -2.20. The van der Waals surface area contributed by atoms with Crippen LogP contribution in [0.1, 0.15) is 5.76 Å². The molecule has 0 bridgehead atoms. The Hall–Kier alpha value is -3.61. The number of benzene rings is 2. The molecule has 0 aliphatic rings. The molecule has 4 aromatic rings. The number of hydrogen-bond donors (Lipinski definition) is 1. The van der Waals surface area contributed by atoms with Crippen molar-refractivity contribution in [3.63, 3.8) is 0 Å². The number of hydrogen-bond acceptors (Lipinski definition) is 5. The second-order valence-corrected chi connectivity index (χ2v) is 5.76. The van der Waals surface area contributed by atoms with Crippen molar-refractivity contribution in [3.05, 3.63) is 66.7 Å². The van der Waals surface area contributed by atoms with Gasteiger partial charge in [-0.2, -0.15) is 0 Å². The van der Waals surface area contributed by atoms with E-state index in [0.717, 1.165) is 16.7 Å². The standard InChI is InChI=1S/C19H16N4O3/c1-13-10-19(22-26-13)25-11-18(24)21-14-6-8-15(9-7-14)23-12-20-16-4-2-3-5-17(16)23/h2-10,12H,11H2,1H3,(H,21,24). The maximum atomic E-state index is 12.0. The van der Waals surface area contributed by atoms with E-state index in [1.54, 1.807) is 19.3 Å². The van der Waals surface area contributed by atoms with Crippen molar-refractivity contribution in [2.45, 2.75) is 6.92 Å². The van der Waals surface area contributed by atoms with E-state index in [4.69, 9.17) is 9.26 Å². The van der Waals surface area contributed by atoms with Crippen LogP contribution in [0.4, 0.5) is 5.69 Å². The van der Waals surface area contributed by atoms with E-state index in [0.29, 0.717) is 17.3 Å². The first kappa shape index (κ1) is 15.9. The number of aromatic nitrogens is 3. The molecule has 1 N–H and O–H groups in total. The highest BCUT2D eigenvalue weighted by atomic mass is 16.5. The summed E-state index contributed by atoms with van der Waals surface area (Å²) in [4.78, 5) is 16.4. The minimum atomic E-state index is -0.272. The minimum Gasteiger partial charge on any atom is -0.465 e. The first-order valence-electron chi connectivity index (χ1n) is 8.07. The van der Waals surface area contributed by atoms with Crippen LogP contribution in [0, 0.1) is 6.92 Å². The molecule has 0 saturated carbocycles. The zero-order chi connectivity index (χ0) is 17.9. The van der Waals surface area contributed by atoms with Crippen molar-refractivity contribution in [3.8, 4) is 11.6 Å². The molecule has 2 aromatic carbocycles. The normalized spacial score (nSPS) is 10.8. The van der Waals surface area contributed by atoms with Crippen LogP contribution in [0.25, 0.3) is 16.7 Å². The first-order chi connectivity index (χ1) is 12.7. The number of anilines is 1. The second kappa shape index (κ2) is 6.72. The third kappa shape index (κ3) is 3.27. The average Bonchev–Trinajstić information content (AvgIpc) is 3.27. The molecule has 0 unspecified atom stereocenters. The Balaban J connectivity index is 1.42. The van der Waals surface area contributed by atoms with Crippen LogP contribution in [0.2, 0.25) is 0 Å². The maximum absolute atomic E-state index is 12.0. The molecule has 26 heavy (non-hydrogen) atoms. The fraction of sp³-hybridized carbons (Fsp3) is 0.105. The smallest absolute Gasteiger partial charge is 0.262 e. The summed E-state index contributed by atoms with van der Waals surface area (Å²) < 4.78 is 12.1. The van der Waals surface area contributed by atoms with Gasteiger partial charge in [-0.1, -0.05) is 12.1 Å². The predicted octanol–water partition coefficient (Wildman–Crippen LogP) is 3.34. The molecule has 0 saturated heterocycles. The van der Waals surface area contributed by atoms with Gasteiger partial charge in [0.15, 0.2) is 6.61 Å². The summed E-state index contributed by atoms with van der Waals surface area (Å²) >= 11 is 0. The van der Waals surface area contributed by atoms with Crippen LogP contribution in [-0.2, 0) is 4.79 Å². The van der Waals surface area contributed by atoms with Gasteiger partial charge in [-0.3, -0.25) is 9.36 Å². The van der Waals surface area contributed by atoms with E-state index in [-0.39, 0.29) is 12.5 Å². The number of fused-ring (bicyclic) bond motifs is 1. The fourth-order valence-corrected chi connectivity index (χ4v) is 2.62. The topological polar surface area (TPSA) is 82.2 Å². The molecule has 2 aromatic heterocycles. The van der Waals surface area contributed by atoms with Crippen LogP contribution in [-0.4, -0.2) is 27.2 Å². The molecule has 0 aliphatic carbocycles. The van der Waals surface area contributed by atoms with E-state index >= 15 is 0 Å². The minimum absolute atomic E-state index is 0.139. The van der Waals surface area contributed by atoms with Gasteiger partial charge in [0.2, 0.25) is 0 Å². The molecule has 7 heteroatoms. The Kier molecular flexibility index (Phi) is 4.10. The van der Waals surface area contributed by atoms with E-state index in [2.05, 4.69) is 15.5 Å². The number of ether oxygens (including phenoxy) is 1. The van der Waals surface area contributed by atoms with E-state index < -0.39 is 0 Å². The largest absolute Gasteiger partial charge is 0.465 e. The molecule has 7 nitrogen and oxygen atoms in total. The molecular weight excluding hydrogens is 332 g/mol. The van der Waals surface area contributed by atoms with Gasteiger partial charge < -0.3 is 14.6 Å². The highest BCUT2D eigenvalue weighted by Crippen LogP contribution is 2.19.